The van der Waals surface area contributed by atoms with Gasteiger partial charge in [0.1, 0.15) is 5.78 Å². The van der Waals surface area contributed by atoms with Crippen LogP contribution in [0.5, 0.6) is 0 Å². The monoisotopic (exact) mass is 154 g/mol. The molecule has 0 aromatic carbocycles. The van der Waals surface area contributed by atoms with Crippen molar-refractivity contribution in [2.75, 3.05) is 0 Å². The van der Waals surface area contributed by atoms with E-state index in [0.717, 1.165) is 6.42 Å². The zero-order valence-corrected chi connectivity index (χ0v) is 7.92. The van der Waals surface area contributed by atoms with Crippen LogP contribution in [0.4, 0.5) is 0 Å². The molecule has 0 fully saturated rings. The van der Waals surface area contributed by atoms with E-state index in [1.807, 2.05) is 19.9 Å². The van der Waals surface area contributed by atoms with E-state index in [0.29, 0.717) is 11.7 Å². The van der Waals surface area contributed by atoms with Gasteiger partial charge in [-0.15, -0.1) is 0 Å². The first-order chi connectivity index (χ1) is 5.09. The maximum Gasteiger partial charge on any atom is 0.132 e. The third-order valence-electron chi connectivity index (χ3n) is 2.24. The van der Waals surface area contributed by atoms with Crippen LogP contribution >= 0.6 is 0 Å². The van der Waals surface area contributed by atoms with Crippen molar-refractivity contribution < 1.29 is 4.79 Å². The lowest BCUT2D eigenvalue weighted by Crippen LogP contribution is -2.15. The molecule has 0 saturated heterocycles. The lowest BCUT2D eigenvalue weighted by atomic mass is 9.90. The molecule has 0 spiro atoms. The molecule has 0 bridgehead atoms. The van der Waals surface area contributed by atoms with Gasteiger partial charge in [0.25, 0.3) is 0 Å². The molecule has 0 amide bonds. The Morgan fingerprint density at radius 2 is 2.00 bits per heavy atom. The zero-order chi connectivity index (χ0) is 8.85. The van der Waals surface area contributed by atoms with Gasteiger partial charge in [-0.2, -0.15) is 0 Å². The highest BCUT2D eigenvalue weighted by Crippen LogP contribution is 2.15. The molecule has 0 radical (unpaired) electrons. The Labute approximate surface area is 69.5 Å². The molecule has 11 heavy (non-hydrogen) atoms. The van der Waals surface area contributed by atoms with E-state index in [-0.39, 0.29) is 5.92 Å². The molecular weight excluding hydrogens is 136 g/mol. The van der Waals surface area contributed by atoms with Crippen LogP contribution in [0.3, 0.4) is 0 Å². The van der Waals surface area contributed by atoms with E-state index in [1.165, 1.54) is 0 Å². The van der Waals surface area contributed by atoms with Gasteiger partial charge < -0.3 is 0 Å². The number of ketones is 1. The minimum absolute atomic E-state index is 0.200. The van der Waals surface area contributed by atoms with Gasteiger partial charge in [-0.3, -0.25) is 4.79 Å². The molecule has 1 heteroatoms. The van der Waals surface area contributed by atoms with Crippen LogP contribution in [0.1, 0.15) is 34.1 Å². The van der Waals surface area contributed by atoms with Crippen molar-refractivity contribution in [3.8, 4) is 0 Å². The van der Waals surface area contributed by atoms with Gasteiger partial charge in [0.05, 0.1) is 0 Å². The Morgan fingerprint density at radius 1 is 1.45 bits per heavy atom. The second-order valence-electron chi connectivity index (χ2n) is 3.18. The van der Waals surface area contributed by atoms with E-state index < -0.39 is 0 Å². The van der Waals surface area contributed by atoms with E-state index >= 15 is 0 Å². The summed E-state index contributed by atoms with van der Waals surface area (Å²) in [5, 5.41) is 0. The average Bonchev–Trinajstić information content (AvgIpc) is 1.98. The molecule has 1 nitrogen and oxygen atoms in total. The summed E-state index contributed by atoms with van der Waals surface area (Å²) in [5.74, 6) is 0.969. The molecule has 2 unspecified atom stereocenters. The van der Waals surface area contributed by atoms with Crippen LogP contribution < -0.4 is 0 Å². The predicted octanol–water partition coefficient (Wildman–Crippen LogP) is 2.81. The van der Waals surface area contributed by atoms with Crippen molar-refractivity contribution in [2.45, 2.75) is 34.1 Å². The minimum Gasteiger partial charge on any atom is -0.300 e. The Hall–Kier alpha value is -0.590. The number of rotatable bonds is 4. The maximum absolute atomic E-state index is 10.9. The third-order valence-corrected chi connectivity index (χ3v) is 2.24. The first-order valence-electron chi connectivity index (χ1n) is 4.21. The fourth-order valence-electron chi connectivity index (χ4n) is 0.956. The SMILES string of the molecule is C/C=C\CC(C)C(C)C(C)=O. The molecule has 0 rings (SSSR count). The largest absolute Gasteiger partial charge is 0.300 e. The minimum atomic E-state index is 0.200. The summed E-state index contributed by atoms with van der Waals surface area (Å²) in [7, 11) is 0. The topological polar surface area (TPSA) is 17.1 Å². The Balaban J connectivity index is 3.82. The second kappa shape index (κ2) is 5.11. The lowest BCUT2D eigenvalue weighted by molar-refractivity contribution is -0.121. The van der Waals surface area contributed by atoms with Crippen molar-refractivity contribution in [3.05, 3.63) is 12.2 Å². The number of hydrogen-bond donors (Lipinski definition) is 0. The van der Waals surface area contributed by atoms with Crippen molar-refractivity contribution in [1.29, 1.82) is 0 Å². The summed E-state index contributed by atoms with van der Waals surface area (Å²) in [6, 6.07) is 0. The van der Waals surface area contributed by atoms with Gasteiger partial charge in [-0.25, -0.2) is 0 Å². The molecule has 0 saturated carbocycles. The van der Waals surface area contributed by atoms with Crippen LogP contribution in [0.2, 0.25) is 0 Å². The van der Waals surface area contributed by atoms with Gasteiger partial charge >= 0.3 is 0 Å². The highest BCUT2D eigenvalue weighted by Gasteiger charge is 2.14. The molecule has 64 valence electrons. The van der Waals surface area contributed by atoms with Gasteiger partial charge in [0.15, 0.2) is 0 Å². The van der Waals surface area contributed by atoms with Gasteiger partial charge in [-0.1, -0.05) is 26.0 Å². The molecule has 0 aliphatic heterocycles. The van der Waals surface area contributed by atoms with Gasteiger partial charge in [-0.05, 0) is 26.2 Å². The molecule has 0 aromatic heterocycles. The molecule has 0 N–H and O–H groups in total. The number of Topliss-reactive ketones (excluding diaryl/α,β-unsaturated/α-hetero) is 1. The van der Waals surface area contributed by atoms with E-state index in [4.69, 9.17) is 0 Å². The summed E-state index contributed by atoms with van der Waals surface area (Å²) in [6.45, 7) is 7.78. The van der Waals surface area contributed by atoms with E-state index in [1.54, 1.807) is 6.92 Å². The van der Waals surface area contributed by atoms with E-state index in [9.17, 15) is 4.79 Å². The van der Waals surface area contributed by atoms with Crippen molar-refractivity contribution >= 4 is 5.78 Å². The number of carbonyl (C=O) groups is 1. The van der Waals surface area contributed by atoms with Crippen molar-refractivity contribution in [2.24, 2.45) is 11.8 Å². The zero-order valence-electron chi connectivity index (χ0n) is 7.92. The first-order valence-corrected chi connectivity index (χ1v) is 4.21. The second-order valence-corrected chi connectivity index (χ2v) is 3.18. The molecular formula is C10H18O. The molecule has 2 atom stereocenters. The Kier molecular flexibility index (Phi) is 4.84. The fraction of sp³-hybridized carbons (Fsp3) is 0.700. The predicted molar refractivity (Wildman–Crippen MR) is 48.4 cm³/mol. The molecule has 0 heterocycles. The first kappa shape index (κ1) is 10.4. The van der Waals surface area contributed by atoms with Crippen molar-refractivity contribution in [3.63, 3.8) is 0 Å². The summed E-state index contributed by atoms with van der Waals surface area (Å²) in [6.07, 6.45) is 5.16. The maximum atomic E-state index is 10.9. The molecule has 0 aromatic rings. The quantitative estimate of drug-likeness (QED) is 0.569. The molecule has 0 aliphatic carbocycles. The Bertz CT molecular complexity index is 147. The van der Waals surface area contributed by atoms with Crippen LogP contribution in [0, 0.1) is 11.8 Å². The number of allylic oxidation sites excluding steroid dienone is 2. The summed E-state index contributed by atoms with van der Waals surface area (Å²) < 4.78 is 0. The standard InChI is InChI=1S/C10H18O/c1-5-6-7-8(2)9(3)10(4)11/h5-6,8-9H,7H2,1-4H3/b6-5-. The highest BCUT2D eigenvalue weighted by atomic mass is 16.1. The number of hydrogen-bond acceptors (Lipinski definition) is 1. The summed E-state index contributed by atoms with van der Waals surface area (Å²) in [5.41, 5.74) is 0. The van der Waals surface area contributed by atoms with E-state index in [2.05, 4.69) is 13.0 Å². The highest BCUT2D eigenvalue weighted by molar-refractivity contribution is 5.78. The Morgan fingerprint density at radius 3 is 2.36 bits per heavy atom. The summed E-state index contributed by atoms with van der Waals surface area (Å²) in [4.78, 5) is 10.9. The summed E-state index contributed by atoms with van der Waals surface area (Å²) >= 11 is 0. The van der Waals surface area contributed by atoms with Gasteiger partial charge in [0.2, 0.25) is 0 Å². The van der Waals surface area contributed by atoms with Crippen LogP contribution in [0.25, 0.3) is 0 Å². The molecule has 0 aliphatic rings. The van der Waals surface area contributed by atoms with Crippen LogP contribution in [-0.4, -0.2) is 5.78 Å². The fourth-order valence-corrected chi connectivity index (χ4v) is 0.956. The van der Waals surface area contributed by atoms with Crippen LogP contribution in [0.15, 0.2) is 12.2 Å². The normalized spacial score (nSPS) is 16.7. The smallest absolute Gasteiger partial charge is 0.132 e. The number of carbonyl (C=O) groups excluding carboxylic acids is 1. The van der Waals surface area contributed by atoms with Gasteiger partial charge in [0, 0.05) is 5.92 Å². The third kappa shape index (κ3) is 3.97. The lowest BCUT2D eigenvalue weighted by Gasteiger charge is -2.14. The average molecular weight is 154 g/mol. The van der Waals surface area contributed by atoms with Crippen LogP contribution in [-0.2, 0) is 4.79 Å². The van der Waals surface area contributed by atoms with Crippen molar-refractivity contribution in [1.82, 2.24) is 0 Å².